The highest BCUT2D eigenvalue weighted by atomic mass is 16.5. The van der Waals surface area contributed by atoms with Gasteiger partial charge < -0.3 is 10.1 Å². The molecule has 2 aromatic rings. The molecular weight excluding hydrogens is 392 g/mol. The van der Waals surface area contributed by atoms with Crippen LogP contribution in [-0.2, 0) is 6.42 Å². The summed E-state index contributed by atoms with van der Waals surface area (Å²) in [5, 5.41) is 3.69. The molecule has 0 bridgehead atoms. The highest BCUT2D eigenvalue weighted by molar-refractivity contribution is 5.82. The van der Waals surface area contributed by atoms with Crippen molar-refractivity contribution in [1.82, 2.24) is 5.32 Å². The fourth-order valence-electron chi connectivity index (χ4n) is 4.33. The van der Waals surface area contributed by atoms with Crippen molar-refractivity contribution < 1.29 is 4.74 Å². The SMILES string of the molecule is CC(NC1=NCCCCCCCCCC1)c1ccc(OCCCCc2ccccc2)cc1. The maximum atomic E-state index is 5.96. The van der Waals surface area contributed by atoms with Crippen LogP contribution in [0.2, 0.25) is 0 Å². The van der Waals surface area contributed by atoms with E-state index in [0.29, 0.717) is 0 Å². The smallest absolute Gasteiger partial charge is 0.119 e. The van der Waals surface area contributed by atoms with E-state index in [-0.39, 0.29) is 6.04 Å². The van der Waals surface area contributed by atoms with E-state index in [9.17, 15) is 0 Å². The fourth-order valence-corrected chi connectivity index (χ4v) is 4.33. The van der Waals surface area contributed by atoms with Gasteiger partial charge in [0.05, 0.1) is 12.4 Å². The Hall–Kier alpha value is -2.29. The third-order valence-electron chi connectivity index (χ3n) is 6.36. The van der Waals surface area contributed by atoms with Gasteiger partial charge in [-0.3, -0.25) is 4.99 Å². The second-order valence-electron chi connectivity index (χ2n) is 9.13. The standard InChI is InChI=1S/C29H42N2O/c1-25(31-29-18-11-6-4-2-3-5-7-13-23-30-29)27-19-21-28(22-20-27)32-24-14-12-17-26-15-9-8-10-16-26/h8-10,15-16,19-22,25H,2-7,11-14,17-18,23-24H2,1H3,(H,30,31). The van der Waals surface area contributed by atoms with Crippen LogP contribution in [0.25, 0.3) is 0 Å². The third kappa shape index (κ3) is 9.46. The molecular formula is C29H42N2O. The lowest BCUT2D eigenvalue weighted by Crippen LogP contribution is -2.27. The molecule has 32 heavy (non-hydrogen) atoms. The molecule has 1 aliphatic heterocycles. The first-order valence-corrected chi connectivity index (χ1v) is 12.9. The Bertz CT molecular complexity index is 770. The summed E-state index contributed by atoms with van der Waals surface area (Å²) in [6.07, 6.45) is 15.1. The number of amidine groups is 1. The van der Waals surface area contributed by atoms with Gasteiger partial charge in [0.25, 0.3) is 0 Å². The van der Waals surface area contributed by atoms with Gasteiger partial charge in [-0.2, -0.15) is 0 Å². The number of unbranched alkanes of at least 4 members (excludes halogenated alkanes) is 1. The quantitative estimate of drug-likeness (QED) is 0.433. The van der Waals surface area contributed by atoms with E-state index in [0.717, 1.165) is 44.6 Å². The first-order valence-electron chi connectivity index (χ1n) is 12.9. The van der Waals surface area contributed by atoms with Gasteiger partial charge in [0.15, 0.2) is 0 Å². The number of benzene rings is 2. The van der Waals surface area contributed by atoms with Crippen molar-refractivity contribution in [3.05, 3.63) is 65.7 Å². The van der Waals surface area contributed by atoms with Crippen LogP contribution in [0.1, 0.15) is 94.7 Å². The summed E-state index contributed by atoms with van der Waals surface area (Å²) >= 11 is 0. The highest BCUT2D eigenvalue weighted by Gasteiger charge is 2.09. The molecule has 1 N–H and O–H groups in total. The number of hydrogen-bond donors (Lipinski definition) is 1. The van der Waals surface area contributed by atoms with E-state index in [1.807, 2.05) is 0 Å². The van der Waals surface area contributed by atoms with E-state index in [2.05, 4.69) is 66.8 Å². The van der Waals surface area contributed by atoms with Crippen molar-refractivity contribution in [2.45, 2.75) is 90.0 Å². The van der Waals surface area contributed by atoms with Crippen LogP contribution in [0.4, 0.5) is 0 Å². The van der Waals surface area contributed by atoms with Gasteiger partial charge in [-0.1, -0.05) is 81.0 Å². The minimum absolute atomic E-state index is 0.265. The first kappa shape index (κ1) is 24.4. The molecule has 3 heteroatoms. The minimum Gasteiger partial charge on any atom is -0.494 e. The van der Waals surface area contributed by atoms with E-state index < -0.39 is 0 Å². The number of ether oxygens (including phenoxy) is 1. The molecule has 2 aromatic carbocycles. The molecule has 1 aliphatic rings. The summed E-state index contributed by atoms with van der Waals surface area (Å²) in [5.41, 5.74) is 2.69. The van der Waals surface area contributed by atoms with Crippen LogP contribution in [0.3, 0.4) is 0 Å². The van der Waals surface area contributed by atoms with Crippen LogP contribution in [0, 0.1) is 0 Å². The summed E-state index contributed by atoms with van der Waals surface area (Å²) in [6, 6.07) is 19.5. The molecule has 0 fully saturated rings. The van der Waals surface area contributed by atoms with Gasteiger partial charge in [0.2, 0.25) is 0 Å². The predicted molar refractivity (Wildman–Crippen MR) is 137 cm³/mol. The van der Waals surface area contributed by atoms with Gasteiger partial charge >= 0.3 is 0 Å². The molecule has 0 aliphatic carbocycles. The summed E-state index contributed by atoms with van der Waals surface area (Å²) in [4.78, 5) is 4.90. The number of rotatable bonds is 8. The minimum atomic E-state index is 0.265. The summed E-state index contributed by atoms with van der Waals surface area (Å²) in [5.74, 6) is 2.15. The molecule has 1 atom stereocenters. The Morgan fingerprint density at radius 3 is 2.25 bits per heavy atom. The first-order chi connectivity index (χ1) is 15.8. The number of hydrogen-bond acceptors (Lipinski definition) is 3. The van der Waals surface area contributed by atoms with Gasteiger partial charge in [-0.25, -0.2) is 0 Å². The Morgan fingerprint density at radius 1 is 0.812 bits per heavy atom. The number of aryl methyl sites for hydroxylation is 1. The predicted octanol–water partition coefficient (Wildman–Crippen LogP) is 7.66. The third-order valence-corrected chi connectivity index (χ3v) is 6.36. The van der Waals surface area contributed by atoms with Crippen molar-refractivity contribution in [1.29, 1.82) is 0 Å². The zero-order valence-electron chi connectivity index (χ0n) is 20.0. The lowest BCUT2D eigenvalue weighted by molar-refractivity contribution is 0.307. The molecule has 174 valence electrons. The summed E-state index contributed by atoms with van der Waals surface area (Å²) < 4.78 is 5.96. The monoisotopic (exact) mass is 434 g/mol. The molecule has 3 nitrogen and oxygen atoms in total. The van der Waals surface area contributed by atoms with Gasteiger partial charge in [0, 0.05) is 19.0 Å². The molecule has 0 aromatic heterocycles. The molecule has 0 radical (unpaired) electrons. The lowest BCUT2D eigenvalue weighted by atomic mass is 10.0. The maximum Gasteiger partial charge on any atom is 0.119 e. The van der Waals surface area contributed by atoms with Crippen molar-refractivity contribution in [3.63, 3.8) is 0 Å². The van der Waals surface area contributed by atoms with E-state index >= 15 is 0 Å². The van der Waals surface area contributed by atoms with Gasteiger partial charge in [0.1, 0.15) is 5.75 Å². The van der Waals surface area contributed by atoms with Crippen LogP contribution >= 0.6 is 0 Å². The molecule has 3 rings (SSSR count). The van der Waals surface area contributed by atoms with Gasteiger partial charge in [-0.05, 0) is 62.3 Å². The second-order valence-corrected chi connectivity index (χ2v) is 9.13. The normalized spacial score (nSPS) is 16.8. The lowest BCUT2D eigenvalue weighted by Gasteiger charge is -2.19. The molecule has 0 saturated carbocycles. The summed E-state index contributed by atoms with van der Waals surface area (Å²) in [7, 11) is 0. The van der Waals surface area contributed by atoms with Crippen LogP contribution in [0.5, 0.6) is 5.75 Å². The van der Waals surface area contributed by atoms with Crippen LogP contribution in [-0.4, -0.2) is 19.0 Å². The van der Waals surface area contributed by atoms with E-state index in [1.54, 1.807) is 0 Å². The number of nitrogens with zero attached hydrogens (tertiary/aromatic N) is 1. The van der Waals surface area contributed by atoms with E-state index in [1.165, 1.54) is 68.3 Å². The average Bonchev–Trinajstić information content (AvgIpc) is 2.81. The molecule has 1 unspecified atom stereocenters. The van der Waals surface area contributed by atoms with Crippen molar-refractivity contribution in [3.8, 4) is 5.75 Å². The van der Waals surface area contributed by atoms with Crippen molar-refractivity contribution in [2.75, 3.05) is 13.2 Å². The topological polar surface area (TPSA) is 33.6 Å². The van der Waals surface area contributed by atoms with Crippen LogP contribution < -0.4 is 10.1 Å². The molecule has 0 spiro atoms. The Labute approximate surface area is 195 Å². The Kier molecular flexibility index (Phi) is 11.2. The fraction of sp³-hybridized carbons (Fsp3) is 0.552. The highest BCUT2D eigenvalue weighted by Crippen LogP contribution is 2.19. The Morgan fingerprint density at radius 2 is 1.50 bits per heavy atom. The average molecular weight is 435 g/mol. The maximum absolute atomic E-state index is 5.96. The second kappa shape index (κ2) is 14.7. The van der Waals surface area contributed by atoms with E-state index in [4.69, 9.17) is 9.73 Å². The number of nitrogens with one attached hydrogen (secondary N) is 1. The molecule has 1 heterocycles. The number of aliphatic imine (C=N–C) groups is 1. The zero-order chi connectivity index (χ0) is 22.3. The Balaban J connectivity index is 1.40. The largest absolute Gasteiger partial charge is 0.494 e. The summed E-state index contributed by atoms with van der Waals surface area (Å²) in [6.45, 7) is 3.97. The zero-order valence-corrected chi connectivity index (χ0v) is 20.0. The molecule has 0 amide bonds. The molecule has 0 saturated heterocycles. The van der Waals surface area contributed by atoms with Crippen molar-refractivity contribution in [2.24, 2.45) is 4.99 Å². The van der Waals surface area contributed by atoms with Gasteiger partial charge in [-0.15, -0.1) is 0 Å². The van der Waals surface area contributed by atoms with Crippen molar-refractivity contribution >= 4 is 5.84 Å². The van der Waals surface area contributed by atoms with Crippen LogP contribution in [0.15, 0.2) is 59.6 Å².